The number of aliphatic hydroxyl groups excluding tert-OH is 1. The summed E-state index contributed by atoms with van der Waals surface area (Å²) in [6.45, 7) is 2.29. The molecule has 0 spiro atoms. The molecule has 12 heteroatoms. The summed E-state index contributed by atoms with van der Waals surface area (Å²) in [5.41, 5.74) is 1.84. The number of aromatic nitrogens is 2. The van der Waals surface area contributed by atoms with Gasteiger partial charge in [0.25, 0.3) is 5.91 Å². The van der Waals surface area contributed by atoms with Gasteiger partial charge in [0.05, 0.1) is 25.3 Å². The number of rotatable bonds is 10. The molecule has 1 amide bonds. The number of benzene rings is 3. The second kappa shape index (κ2) is 12.1. The van der Waals surface area contributed by atoms with Crippen molar-refractivity contribution in [2.75, 3.05) is 18.6 Å². The summed E-state index contributed by atoms with van der Waals surface area (Å²) in [5, 5.41) is 21.3. The molecule has 1 aliphatic rings. The first-order valence-corrected chi connectivity index (χ1v) is 15.4. The van der Waals surface area contributed by atoms with E-state index in [1.54, 1.807) is 48.5 Å². The number of ketones is 1. The predicted molar refractivity (Wildman–Crippen MR) is 166 cm³/mol. The average molecular weight is 634 g/mol. The van der Waals surface area contributed by atoms with E-state index >= 15 is 0 Å². The van der Waals surface area contributed by atoms with Crippen LogP contribution in [0.2, 0.25) is 5.02 Å². The lowest BCUT2D eigenvalue weighted by Crippen LogP contribution is -2.31. The summed E-state index contributed by atoms with van der Waals surface area (Å²) in [7, 11) is 1.51. The van der Waals surface area contributed by atoms with Crippen LogP contribution in [0.15, 0.2) is 92.9 Å². The van der Waals surface area contributed by atoms with Crippen molar-refractivity contribution in [1.29, 1.82) is 0 Å². The Labute approximate surface area is 259 Å². The number of furan rings is 1. The first-order valence-electron chi connectivity index (χ1n) is 13.2. The van der Waals surface area contributed by atoms with Gasteiger partial charge in [0.2, 0.25) is 10.9 Å². The molecule has 2 aromatic heterocycles. The molecule has 3 heterocycles. The molecule has 0 aliphatic carbocycles. The quantitative estimate of drug-likeness (QED) is 0.0953. The van der Waals surface area contributed by atoms with E-state index in [0.29, 0.717) is 49.8 Å². The lowest BCUT2D eigenvalue weighted by atomic mass is 9.95. The van der Waals surface area contributed by atoms with Crippen molar-refractivity contribution >= 4 is 62.5 Å². The smallest absolute Gasteiger partial charge is 0.296 e. The van der Waals surface area contributed by atoms with Gasteiger partial charge in [-0.1, -0.05) is 71.1 Å². The lowest BCUT2D eigenvalue weighted by Gasteiger charge is -2.24. The Kier molecular flexibility index (Phi) is 8.11. The van der Waals surface area contributed by atoms with Crippen molar-refractivity contribution < 1.29 is 28.6 Å². The van der Waals surface area contributed by atoms with Gasteiger partial charge in [-0.05, 0) is 54.4 Å². The van der Waals surface area contributed by atoms with Gasteiger partial charge in [-0.3, -0.25) is 14.5 Å². The fourth-order valence-electron chi connectivity index (χ4n) is 4.82. The number of amides is 1. The van der Waals surface area contributed by atoms with E-state index in [9.17, 15) is 14.7 Å². The number of methoxy groups -OCH3 is 1. The van der Waals surface area contributed by atoms with Gasteiger partial charge in [0.1, 0.15) is 5.75 Å². The minimum atomic E-state index is -1.02. The van der Waals surface area contributed by atoms with Gasteiger partial charge in [-0.2, -0.15) is 0 Å². The summed E-state index contributed by atoms with van der Waals surface area (Å²) >= 11 is 8.64. The third-order valence-corrected chi connectivity index (χ3v) is 9.15. The summed E-state index contributed by atoms with van der Waals surface area (Å²) in [5.74, 6) is -0.516. The van der Waals surface area contributed by atoms with Crippen LogP contribution in [0.3, 0.4) is 0 Å². The maximum atomic E-state index is 14.0. The zero-order valence-electron chi connectivity index (χ0n) is 22.9. The van der Waals surface area contributed by atoms with E-state index in [4.69, 9.17) is 25.5 Å². The van der Waals surface area contributed by atoms with Crippen LogP contribution in [0.4, 0.5) is 5.13 Å². The van der Waals surface area contributed by atoms with E-state index < -0.39 is 23.5 Å². The van der Waals surface area contributed by atoms with E-state index in [1.165, 1.54) is 35.1 Å². The number of aliphatic hydroxyl groups is 1. The number of Topliss-reactive ketones (excluding diaryl/α,β-unsaturated/α-hetero) is 1. The maximum absolute atomic E-state index is 14.0. The highest BCUT2D eigenvalue weighted by atomic mass is 35.5. The van der Waals surface area contributed by atoms with Crippen LogP contribution in [0.25, 0.3) is 11.0 Å². The Hall–Kier alpha value is -4.32. The summed E-state index contributed by atoms with van der Waals surface area (Å²) < 4.78 is 17.6. The molecule has 0 saturated carbocycles. The molecule has 1 aliphatic heterocycles. The third kappa shape index (κ3) is 5.58. The highest BCUT2D eigenvalue weighted by Gasteiger charge is 2.47. The fourth-order valence-corrected chi connectivity index (χ4v) is 6.77. The molecular formula is C31H24ClN3O6S2. The topological polar surface area (TPSA) is 115 Å². The Balaban J connectivity index is 1.38. The van der Waals surface area contributed by atoms with Crippen LogP contribution in [-0.2, 0) is 10.5 Å². The maximum Gasteiger partial charge on any atom is 0.296 e. The van der Waals surface area contributed by atoms with Crippen LogP contribution < -0.4 is 14.4 Å². The summed E-state index contributed by atoms with van der Waals surface area (Å²) in [4.78, 5) is 29.0. The number of thioether (sulfide) groups is 1. The van der Waals surface area contributed by atoms with E-state index in [-0.39, 0.29) is 16.5 Å². The highest BCUT2D eigenvalue weighted by Crippen LogP contribution is 2.45. The summed E-state index contributed by atoms with van der Waals surface area (Å²) in [6, 6.07) is 20.4. The largest absolute Gasteiger partial charge is 0.503 e. The number of nitrogens with zero attached hydrogens (tertiary/aromatic N) is 3. The molecule has 0 saturated heterocycles. The normalized spacial score (nSPS) is 15.0. The number of para-hydroxylation sites is 1. The molecule has 0 bridgehead atoms. The number of carbonyl (C=O) groups excluding carboxylic acids is 2. The van der Waals surface area contributed by atoms with Gasteiger partial charge in [0.15, 0.2) is 27.2 Å². The van der Waals surface area contributed by atoms with Crippen LogP contribution in [0.5, 0.6) is 11.5 Å². The van der Waals surface area contributed by atoms with Crippen molar-refractivity contribution in [1.82, 2.24) is 10.2 Å². The highest BCUT2D eigenvalue weighted by molar-refractivity contribution is 8.00. The van der Waals surface area contributed by atoms with Crippen molar-refractivity contribution in [2.45, 2.75) is 23.1 Å². The minimum absolute atomic E-state index is 0.0434. The minimum Gasteiger partial charge on any atom is -0.503 e. The molecule has 0 fully saturated rings. The Morgan fingerprint density at radius 1 is 1.12 bits per heavy atom. The Morgan fingerprint density at radius 2 is 1.91 bits per heavy atom. The number of carbonyl (C=O) groups is 2. The van der Waals surface area contributed by atoms with Gasteiger partial charge >= 0.3 is 0 Å². The lowest BCUT2D eigenvalue weighted by molar-refractivity contribution is -0.117. The molecule has 1 unspecified atom stereocenters. The molecular weight excluding hydrogens is 610 g/mol. The number of halogens is 1. The van der Waals surface area contributed by atoms with Crippen LogP contribution in [0.1, 0.15) is 34.6 Å². The van der Waals surface area contributed by atoms with Gasteiger partial charge in [-0.25, -0.2) is 0 Å². The predicted octanol–water partition coefficient (Wildman–Crippen LogP) is 7.42. The van der Waals surface area contributed by atoms with Crippen molar-refractivity contribution in [3.8, 4) is 11.5 Å². The molecule has 9 nitrogen and oxygen atoms in total. The second-order valence-electron chi connectivity index (χ2n) is 9.43. The van der Waals surface area contributed by atoms with Gasteiger partial charge < -0.3 is 19.0 Å². The Morgan fingerprint density at radius 3 is 2.67 bits per heavy atom. The zero-order valence-corrected chi connectivity index (χ0v) is 25.3. The number of hydrogen-bond donors (Lipinski definition) is 1. The average Bonchev–Trinajstić information content (AvgIpc) is 3.73. The number of anilines is 1. The van der Waals surface area contributed by atoms with Gasteiger partial charge in [0, 0.05) is 16.2 Å². The van der Waals surface area contributed by atoms with Crippen LogP contribution in [0, 0.1) is 0 Å². The van der Waals surface area contributed by atoms with Crippen LogP contribution >= 0.6 is 34.7 Å². The second-order valence-corrected chi connectivity index (χ2v) is 12.0. The molecule has 6 rings (SSSR count). The SMILES string of the molecule is CCOc1cccc(C2C(C(=O)c3cc4cccc(OC)c4o3)=C(O)C(=O)N2c2nnc(SCc3ccc(Cl)cc3)s2)c1. The monoisotopic (exact) mass is 633 g/mol. The van der Waals surface area contributed by atoms with E-state index in [0.717, 1.165) is 5.56 Å². The molecule has 218 valence electrons. The molecule has 1 atom stereocenters. The number of hydrogen-bond acceptors (Lipinski definition) is 10. The number of ether oxygens (including phenoxy) is 2. The zero-order chi connectivity index (χ0) is 30.1. The van der Waals surface area contributed by atoms with E-state index in [1.807, 2.05) is 31.2 Å². The first kappa shape index (κ1) is 28.8. The summed E-state index contributed by atoms with van der Waals surface area (Å²) in [6.07, 6.45) is 0. The molecule has 1 N–H and O–H groups in total. The molecule has 3 aromatic carbocycles. The standard InChI is InChI=1S/C31H24ClN3O6S2/c1-3-40-21-8-4-6-18(14-21)25-24(26(36)23-15-19-7-5-9-22(39-2)28(19)41-23)27(37)29(38)35(25)30-33-34-31(43-30)42-16-17-10-12-20(32)13-11-17/h4-15,25,37H,3,16H2,1-2H3. The number of fused-ring (bicyclic) bond motifs is 1. The van der Waals surface area contributed by atoms with Crippen molar-refractivity contribution in [3.63, 3.8) is 0 Å². The van der Waals surface area contributed by atoms with Crippen molar-refractivity contribution in [3.05, 3.63) is 106 Å². The van der Waals surface area contributed by atoms with E-state index in [2.05, 4.69) is 10.2 Å². The Bertz CT molecular complexity index is 1870. The van der Waals surface area contributed by atoms with Crippen molar-refractivity contribution in [2.24, 2.45) is 0 Å². The molecule has 5 aromatic rings. The fraction of sp³-hybridized carbons (Fsp3) is 0.161. The molecule has 0 radical (unpaired) electrons. The van der Waals surface area contributed by atoms with Crippen LogP contribution in [-0.4, -0.2) is 40.7 Å². The third-order valence-electron chi connectivity index (χ3n) is 6.77. The molecule has 43 heavy (non-hydrogen) atoms. The first-order chi connectivity index (χ1) is 20.9. The van der Waals surface area contributed by atoms with Gasteiger partial charge in [-0.15, -0.1) is 10.2 Å².